The zero-order valence-electron chi connectivity index (χ0n) is 12.3. The first-order valence-corrected chi connectivity index (χ1v) is 6.79. The van der Waals surface area contributed by atoms with Crippen molar-refractivity contribution in [3.63, 3.8) is 0 Å². The van der Waals surface area contributed by atoms with Crippen molar-refractivity contribution in [2.45, 2.75) is 6.42 Å². The molecule has 0 amide bonds. The quantitative estimate of drug-likeness (QED) is 0.427. The van der Waals surface area contributed by atoms with Gasteiger partial charge in [-0.25, -0.2) is 0 Å². The minimum atomic E-state index is -0.0219. The van der Waals surface area contributed by atoms with Crippen LogP contribution in [0.5, 0.6) is 11.5 Å². The van der Waals surface area contributed by atoms with Crippen molar-refractivity contribution < 1.29 is 37.5 Å². The summed E-state index contributed by atoms with van der Waals surface area (Å²) in [6, 6.07) is 13.6. The molecule has 0 spiro atoms. The number of aliphatic imine (C=N–C) groups is 2. The number of rotatable bonds is 6. The Balaban J connectivity index is 0.00000242. The Morgan fingerprint density at radius 2 is 1.14 bits per heavy atom. The number of nitrogens with zero attached hydrogens (tertiary/aromatic N) is 2. The third-order valence-electron chi connectivity index (χ3n) is 2.87. The summed E-state index contributed by atoms with van der Waals surface area (Å²) in [5.74, 6) is -0.0438. The van der Waals surface area contributed by atoms with E-state index in [0.29, 0.717) is 24.2 Å². The van der Waals surface area contributed by atoms with E-state index in [1.807, 2.05) is 12.1 Å². The number of benzene rings is 2. The Kier molecular flexibility index (Phi) is 8.42. The fourth-order valence-corrected chi connectivity index (χ4v) is 1.75. The summed E-state index contributed by atoms with van der Waals surface area (Å²) >= 11 is 0. The van der Waals surface area contributed by atoms with E-state index in [1.54, 1.807) is 36.7 Å². The van der Waals surface area contributed by atoms with Gasteiger partial charge in [0.05, 0.1) is 0 Å². The van der Waals surface area contributed by atoms with Crippen LogP contribution in [0.4, 0.5) is 0 Å². The van der Waals surface area contributed by atoms with Gasteiger partial charge in [-0.15, -0.1) is 11.5 Å². The van der Waals surface area contributed by atoms with E-state index in [9.17, 15) is 10.2 Å². The van der Waals surface area contributed by atoms with Gasteiger partial charge in [-0.05, 0) is 17.5 Å². The van der Waals surface area contributed by atoms with Crippen LogP contribution in [0.1, 0.15) is 17.5 Å². The Bertz CT molecular complexity index is 587. The van der Waals surface area contributed by atoms with Crippen LogP contribution in [0.15, 0.2) is 58.5 Å². The van der Waals surface area contributed by atoms with Crippen molar-refractivity contribution in [3.05, 3.63) is 59.7 Å². The summed E-state index contributed by atoms with van der Waals surface area (Å²) < 4.78 is 0. The van der Waals surface area contributed by atoms with Crippen LogP contribution in [-0.2, 0) is 27.3 Å². The van der Waals surface area contributed by atoms with E-state index in [4.69, 9.17) is 0 Å². The molecule has 0 heterocycles. The summed E-state index contributed by atoms with van der Waals surface area (Å²) in [7, 11) is 0. The molecular formula is C17H16CdN2O2. The Morgan fingerprint density at radius 1 is 0.727 bits per heavy atom. The number of para-hydroxylation sites is 2. The van der Waals surface area contributed by atoms with E-state index >= 15 is 0 Å². The maximum atomic E-state index is 11.4. The summed E-state index contributed by atoms with van der Waals surface area (Å²) in [6.45, 7) is 1.20. The van der Waals surface area contributed by atoms with Gasteiger partial charge in [-0.2, -0.15) is 0 Å². The van der Waals surface area contributed by atoms with Crippen molar-refractivity contribution in [2.24, 2.45) is 9.98 Å². The second kappa shape index (κ2) is 10.1. The molecule has 0 aliphatic rings. The molecule has 0 radical (unpaired) electrons. The Labute approximate surface area is 150 Å². The Morgan fingerprint density at radius 3 is 1.55 bits per heavy atom. The van der Waals surface area contributed by atoms with Gasteiger partial charge < -0.3 is 10.2 Å². The summed E-state index contributed by atoms with van der Waals surface area (Å²) in [4.78, 5) is 8.41. The van der Waals surface area contributed by atoms with E-state index in [0.717, 1.165) is 6.42 Å². The van der Waals surface area contributed by atoms with Gasteiger partial charge in [0, 0.05) is 25.5 Å². The molecule has 0 bridgehead atoms. The molecule has 22 heavy (non-hydrogen) atoms. The molecule has 0 fully saturated rings. The maximum absolute atomic E-state index is 11.4. The second-order valence-corrected chi connectivity index (χ2v) is 4.50. The van der Waals surface area contributed by atoms with Gasteiger partial charge in [0.1, 0.15) is 0 Å². The van der Waals surface area contributed by atoms with Gasteiger partial charge in [0.25, 0.3) is 0 Å². The molecule has 2 aromatic carbocycles. The number of hydrogen-bond acceptors (Lipinski definition) is 4. The third-order valence-corrected chi connectivity index (χ3v) is 2.87. The average Bonchev–Trinajstić information content (AvgIpc) is 2.50. The predicted octanol–water partition coefficient (Wildman–Crippen LogP) is 1.76. The first-order chi connectivity index (χ1) is 10.3. The maximum Gasteiger partial charge on any atom is 2.00 e. The largest absolute Gasteiger partial charge is 2.00 e. The third kappa shape index (κ3) is 5.97. The molecule has 0 saturated carbocycles. The predicted molar refractivity (Wildman–Crippen MR) is 81.3 cm³/mol. The van der Waals surface area contributed by atoms with Crippen molar-refractivity contribution in [1.82, 2.24) is 0 Å². The van der Waals surface area contributed by atoms with Crippen molar-refractivity contribution in [3.8, 4) is 11.5 Å². The molecule has 0 aromatic heterocycles. The fourth-order valence-electron chi connectivity index (χ4n) is 1.75. The van der Waals surface area contributed by atoms with E-state index < -0.39 is 0 Å². The molecule has 4 nitrogen and oxygen atoms in total. The van der Waals surface area contributed by atoms with E-state index in [1.165, 1.54) is 12.1 Å². The standard InChI is InChI=1S/C17H18N2O2.Cd/c20-16-8-3-1-6-14(16)12-18-10-5-11-19-13-15-7-2-4-9-17(15)21;/h1-4,6-9,12-13,20-21H,5,10-11H2;/q;+2/p-2. The van der Waals surface area contributed by atoms with Crippen molar-refractivity contribution >= 4 is 12.4 Å². The topological polar surface area (TPSA) is 70.8 Å². The van der Waals surface area contributed by atoms with Gasteiger partial charge in [-0.3, -0.25) is 9.98 Å². The molecule has 5 heteroatoms. The average molecular weight is 393 g/mol. The molecule has 2 aromatic rings. The van der Waals surface area contributed by atoms with Gasteiger partial charge in [0.15, 0.2) is 0 Å². The van der Waals surface area contributed by atoms with E-state index in [2.05, 4.69) is 9.98 Å². The van der Waals surface area contributed by atoms with Crippen LogP contribution < -0.4 is 10.2 Å². The SMILES string of the molecule is [Cd+2].[O-]c1ccccc1C=NCCCN=Cc1ccccc1[O-]. The van der Waals surface area contributed by atoms with Crippen LogP contribution >= 0.6 is 0 Å². The van der Waals surface area contributed by atoms with Gasteiger partial charge in [-0.1, -0.05) is 48.5 Å². The zero-order valence-corrected chi connectivity index (χ0v) is 16.3. The van der Waals surface area contributed by atoms with Crippen LogP contribution in [0.2, 0.25) is 0 Å². The van der Waals surface area contributed by atoms with Crippen LogP contribution in [0.25, 0.3) is 0 Å². The molecule has 0 N–H and O–H groups in total. The van der Waals surface area contributed by atoms with Gasteiger partial charge >= 0.3 is 27.3 Å². The van der Waals surface area contributed by atoms with Crippen molar-refractivity contribution in [1.29, 1.82) is 0 Å². The molecule has 0 aliphatic carbocycles. The van der Waals surface area contributed by atoms with Crippen LogP contribution in [0.3, 0.4) is 0 Å². The van der Waals surface area contributed by atoms with Gasteiger partial charge in [0.2, 0.25) is 0 Å². The molecular weight excluding hydrogens is 377 g/mol. The minimum Gasteiger partial charge on any atom is -0.872 e. The first kappa shape index (κ1) is 18.4. The first-order valence-electron chi connectivity index (χ1n) is 6.79. The normalized spacial score (nSPS) is 10.9. The van der Waals surface area contributed by atoms with Crippen molar-refractivity contribution in [2.75, 3.05) is 13.1 Å². The molecule has 0 saturated heterocycles. The van der Waals surface area contributed by atoms with Crippen LogP contribution in [-0.4, -0.2) is 25.5 Å². The molecule has 0 atom stereocenters. The van der Waals surface area contributed by atoms with E-state index in [-0.39, 0.29) is 38.8 Å². The molecule has 2 rings (SSSR count). The molecule has 0 aliphatic heterocycles. The Hall–Kier alpha value is -1.70. The fraction of sp³-hybridized carbons (Fsp3) is 0.176. The molecule has 0 unspecified atom stereocenters. The zero-order chi connectivity index (χ0) is 14.9. The number of hydrogen-bond donors (Lipinski definition) is 0. The second-order valence-electron chi connectivity index (χ2n) is 4.50. The molecule has 108 valence electrons. The smallest absolute Gasteiger partial charge is 0.872 e. The monoisotopic (exact) mass is 394 g/mol. The summed E-state index contributed by atoms with van der Waals surface area (Å²) in [5.41, 5.74) is 1.20. The minimum absolute atomic E-state index is 0. The summed E-state index contributed by atoms with van der Waals surface area (Å²) in [6.07, 6.45) is 3.97. The van der Waals surface area contributed by atoms with Crippen LogP contribution in [0, 0.1) is 0 Å². The summed E-state index contributed by atoms with van der Waals surface area (Å²) in [5, 5.41) is 22.9.